The fourth-order valence-corrected chi connectivity index (χ4v) is 3.81. The van der Waals surface area contributed by atoms with Crippen molar-refractivity contribution in [2.75, 3.05) is 32.4 Å². The third-order valence-corrected chi connectivity index (χ3v) is 5.80. The molecular weight excluding hydrogens is 358 g/mol. The second kappa shape index (κ2) is 8.76. The lowest BCUT2D eigenvalue weighted by molar-refractivity contribution is 0.0595. The lowest BCUT2D eigenvalue weighted by atomic mass is 10.2. The van der Waals surface area contributed by atoms with Crippen LogP contribution in [-0.2, 0) is 0 Å². The summed E-state index contributed by atoms with van der Waals surface area (Å²) >= 11 is 1.71. The van der Waals surface area contributed by atoms with Gasteiger partial charge >= 0.3 is 0 Å². The summed E-state index contributed by atoms with van der Waals surface area (Å²) < 4.78 is 5.83. The molecule has 1 saturated heterocycles. The topological polar surface area (TPSA) is 45.7 Å². The van der Waals surface area contributed by atoms with Crippen molar-refractivity contribution in [1.29, 1.82) is 0 Å². The molecule has 0 saturated carbocycles. The highest BCUT2D eigenvalue weighted by atomic mass is 32.2. The molecule has 1 aromatic carbocycles. The van der Waals surface area contributed by atoms with Gasteiger partial charge in [-0.2, -0.15) is 0 Å². The molecule has 2 heterocycles. The van der Waals surface area contributed by atoms with E-state index in [4.69, 9.17) is 4.74 Å². The molecule has 0 unspecified atom stereocenters. The number of ether oxygens (including phenoxy) is 1. The first-order valence-corrected chi connectivity index (χ1v) is 10.5. The summed E-state index contributed by atoms with van der Waals surface area (Å²) in [6.07, 6.45) is 3.67. The number of benzene rings is 1. The minimum Gasteiger partial charge on any atom is -0.439 e. The molecule has 1 amide bonds. The average Bonchev–Trinajstić information content (AvgIpc) is 2.68. The molecule has 1 aliphatic heterocycles. The molecule has 0 spiro atoms. The number of amides is 1. The van der Waals surface area contributed by atoms with E-state index in [1.165, 1.54) is 10.5 Å². The number of pyridine rings is 1. The van der Waals surface area contributed by atoms with E-state index in [9.17, 15) is 4.79 Å². The summed E-state index contributed by atoms with van der Waals surface area (Å²) in [5, 5.41) is 0. The van der Waals surface area contributed by atoms with Gasteiger partial charge in [-0.1, -0.05) is 0 Å². The van der Waals surface area contributed by atoms with Gasteiger partial charge in [0.2, 0.25) is 5.88 Å². The molecule has 6 heteroatoms. The first-order valence-electron chi connectivity index (χ1n) is 9.30. The molecule has 1 aliphatic rings. The monoisotopic (exact) mass is 385 g/mol. The minimum atomic E-state index is 0.0395. The van der Waals surface area contributed by atoms with Crippen molar-refractivity contribution < 1.29 is 9.53 Å². The summed E-state index contributed by atoms with van der Waals surface area (Å²) in [5.41, 5.74) is 1.78. The van der Waals surface area contributed by atoms with Crippen LogP contribution in [0, 0.1) is 6.92 Å². The molecule has 0 aliphatic carbocycles. The quantitative estimate of drug-likeness (QED) is 0.726. The van der Waals surface area contributed by atoms with Crippen LogP contribution in [0.25, 0.3) is 0 Å². The van der Waals surface area contributed by atoms with Gasteiger partial charge in [0.25, 0.3) is 5.91 Å². The SMILES string of the molecule is CSc1ccc(Oc2ccc(C(=O)N3CCN(C(C)C)CC3)cn2)cc1C. The maximum absolute atomic E-state index is 12.7. The molecular formula is C21H27N3O2S. The van der Waals surface area contributed by atoms with Crippen molar-refractivity contribution in [3.63, 3.8) is 0 Å². The number of aromatic nitrogens is 1. The Labute approximate surface area is 165 Å². The smallest absolute Gasteiger partial charge is 0.255 e. The van der Waals surface area contributed by atoms with E-state index in [1.807, 2.05) is 23.1 Å². The summed E-state index contributed by atoms with van der Waals surface area (Å²) in [6.45, 7) is 9.80. The number of carbonyl (C=O) groups is 1. The third-order valence-electron chi connectivity index (χ3n) is 4.90. The van der Waals surface area contributed by atoms with Gasteiger partial charge < -0.3 is 9.64 Å². The first-order chi connectivity index (χ1) is 13.0. The van der Waals surface area contributed by atoms with Crippen molar-refractivity contribution in [3.8, 4) is 11.6 Å². The van der Waals surface area contributed by atoms with Crippen molar-refractivity contribution in [1.82, 2.24) is 14.8 Å². The van der Waals surface area contributed by atoms with Gasteiger partial charge in [0.15, 0.2) is 0 Å². The van der Waals surface area contributed by atoms with Gasteiger partial charge in [-0.15, -0.1) is 11.8 Å². The predicted octanol–water partition coefficient (Wildman–Crippen LogP) is 4.07. The standard InChI is InChI=1S/C21H27N3O2S/c1-15(2)23-9-11-24(12-10-23)21(25)17-5-8-20(22-14-17)26-18-6-7-19(27-4)16(3)13-18/h5-8,13-15H,9-12H2,1-4H3. The number of piperazine rings is 1. The Morgan fingerprint density at radius 2 is 1.89 bits per heavy atom. The number of rotatable bonds is 5. The molecule has 1 fully saturated rings. The molecule has 2 aromatic rings. The fourth-order valence-electron chi connectivity index (χ4n) is 3.23. The molecule has 3 rings (SSSR count). The van der Waals surface area contributed by atoms with Crippen LogP contribution in [0.2, 0.25) is 0 Å². The van der Waals surface area contributed by atoms with Crippen LogP contribution >= 0.6 is 11.8 Å². The minimum absolute atomic E-state index is 0.0395. The van der Waals surface area contributed by atoms with Gasteiger partial charge in [0.1, 0.15) is 5.75 Å². The van der Waals surface area contributed by atoms with Crippen molar-refractivity contribution >= 4 is 17.7 Å². The highest BCUT2D eigenvalue weighted by Gasteiger charge is 2.23. The van der Waals surface area contributed by atoms with E-state index in [0.717, 1.165) is 31.9 Å². The Balaban J connectivity index is 1.61. The number of hydrogen-bond donors (Lipinski definition) is 0. The number of hydrogen-bond acceptors (Lipinski definition) is 5. The van der Waals surface area contributed by atoms with Gasteiger partial charge in [-0.05, 0) is 56.9 Å². The zero-order valence-corrected chi connectivity index (χ0v) is 17.3. The van der Waals surface area contributed by atoms with Crippen LogP contribution in [-0.4, -0.2) is 59.2 Å². The van der Waals surface area contributed by atoms with Gasteiger partial charge in [0, 0.05) is 49.4 Å². The molecule has 0 bridgehead atoms. The maximum Gasteiger partial charge on any atom is 0.255 e. The molecule has 0 atom stereocenters. The first kappa shape index (κ1) is 19.7. The average molecular weight is 386 g/mol. The van der Waals surface area contributed by atoms with E-state index < -0.39 is 0 Å². The van der Waals surface area contributed by atoms with Crippen molar-refractivity contribution in [3.05, 3.63) is 47.7 Å². The van der Waals surface area contributed by atoms with Gasteiger partial charge in [-0.25, -0.2) is 4.98 Å². The molecule has 5 nitrogen and oxygen atoms in total. The van der Waals surface area contributed by atoms with Gasteiger partial charge in [-0.3, -0.25) is 9.69 Å². The lowest BCUT2D eigenvalue weighted by Gasteiger charge is -2.36. The molecule has 27 heavy (non-hydrogen) atoms. The predicted molar refractivity (Wildman–Crippen MR) is 110 cm³/mol. The highest BCUT2D eigenvalue weighted by molar-refractivity contribution is 7.98. The van der Waals surface area contributed by atoms with E-state index in [1.54, 1.807) is 30.1 Å². The third kappa shape index (κ3) is 4.82. The van der Waals surface area contributed by atoms with Gasteiger partial charge in [0.05, 0.1) is 5.56 Å². The summed E-state index contributed by atoms with van der Waals surface area (Å²) in [7, 11) is 0. The lowest BCUT2D eigenvalue weighted by Crippen LogP contribution is -2.50. The summed E-state index contributed by atoms with van der Waals surface area (Å²) in [4.78, 5) is 22.5. The van der Waals surface area contributed by atoms with Crippen LogP contribution in [0.15, 0.2) is 41.4 Å². The van der Waals surface area contributed by atoms with Crippen LogP contribution in [0.3, 0.4) is 0 Å². The summed E-state index contributed by atoms with van der Waals surface area (Å²) in [5.74, 6) is 1.28. The van der Waals surface area contributed by atoms with Crippen LogP contribution in [0.4, 0.5) is 0 Å². The molecule has 144 valence electrons. The Bertz CT molecular complexity index is 785. The second-order valence-corrected chi connectivity index (χ2v) is 7.89. The van der Waals surface area contributed by atoms with Crippen LogP contribution in [0.1, 0.15) is 29.8 Å². The Morgan fingerprint density at radius 3 is 2.44 bits per heavy atom. The van der Waals surface area contributed by atoms with E-state index in [2.05, 4.69) is 36.9 Å². The van der Waals surface area contributed by atoms with Crippen molar-refractivity contribution in [2.24, 2.45) is 0 Å². The molecule has 1 aromatic heterocycles. The number of carbonyl (C=O) groups excluding carboxylic acids is 1. The molecule has 0 radical (unpaired) electrons. The van der Waals surface area contributed by atoms with Crippen LogP contribution in [0.5, 0.6) is 11.6 Å². The number of aryl methyl sites for hydroxylation is 1. The Kier molecular flexibility index (Phi) is 6.39. The maximum atomic E-state index is 12.7. The molecule has 0 N–H and O–H groups in total. The Hall–Kier alpha value is -2.05. The largest absolute Gasteiger partial charge is 0.439 e. The highest BCUT2D eigenvalue weighted by Crippen LogP contribution is 2.27. The van der Waals surface area contributed by atoms with E-state index >= 15 is 0 Å². The normalized spacial score (nSPS) is 15.2. The number of nitrogens with zero attached hydrogens (tertiary/aromatic N) is 3. The number of thioether (sulfide) groups is 1. The second-order valence-electron chi connectivity index (χ2n) is 7.04. The van der Waals surface area contributed by atoms with Crippen molar-refractivity contribution in [2.45, 2.75) is 31.7 Å². The zero-order valence-electron chi connectivity index (χ0n) is 16.4. The van der Waals surface area contributed by atoms with E-state index in [0.29, 0.717) is 17.5 Å². The van der Waals surface area contributed by atoms with Crippen LogP contribution < -0.4 is 4.74 Å². The van der Waals surface area contributed by atoms with E-state index in [-0.39, 0.29) is 5.91 Å². The zero-order chi connectivity index (χ0) is 19.4. The Morgan fingerprint density at radius 1 is 1.15 bits per heavy atom. The fraction of sp³-hybridized carbons (Fsp3) is 0.429. The summed E-state index contributed by atoms with van der Waals surface area (Å²) in [6, 6.07) is 10.1.